The minimum atomic E-state index is -1.27. The highest BCUT2D eigenvalue weighted by Gasteiger charge is 2.43. The minimum Gasteiger partial charge on any atom is -0.444 e. The maximum absolute atomic E-state index is 14.9. The van der Waals surface area contributed by atoms with E-state index in [2.05, 4.69) is 30.7 Å². The van der Waals surface area contributed by atoms with Crippen molar-refractivity contribution < 1.29 is 18.6 Å². The van der Waals surface area contributed by atoms with Crippen molar-refractivity contribution >= 4 is 22.8 Å². The minimum absolute atomic E-state index is 0.180. The van der Waals surface area contributed by atoms with Crippen molar-refractivity contribution in [2.75, 3.05) is 19.7 Å². The van der Waals surface area contributed by atoms with Crippen LogP contribution in [0.3, 0.4) is 0 Å². The summed E-state index contributed by atoms with van der Waals surface area (Å²) in [6.45, 7) is 7.84. The Hall–Kier alpha value is -4.06. The zero-order valence-corrected chi connectivity index (χ0v) is 26.6. The number of likely N-dealkylation sites (tertiary alicyclic amines) is 1. The molecule has 0 aliphatic carbocycles. The van der Waals surface area contributed by atoms with Gasteiger partial charge in [0, 0.05) is 42.3 Å². The molecule has 0 spiro atoms. The van der Waals surface area contributed by atoms with Gasteiger partial charge in [-0.3, -0.25) is 4.90 Å². The number of fused-ring (bicyclic) bond motifs is 2. The quantitative estimate of drug-likeness (QED) is 0.208. The first kappa shape index (κ1) is 29.3. The van der Waals surface area contributed by atoms with Crippen molar-refractivity contribution in [3.05, 3.63) is 82.3 Å². The van der Waals surface area contributed by atoms with Gasteiger partial charge in [0.1, 0.15) is 23.0 Å². The number of benzene rings is 2. The summed E-state index contributed by atoms with van der Waals surface area (Å²) in [4.78, 5) is 15.6. The lowest BCUT2D eigenvalue weighted by Gasteiger charge is -2.33. The van der Waals surface area contributed by atoms with Crippen molar-refractivity contribution in [3.63, 3.8) is 0 Å². The van der Waals surface area contributed by atoms with E-state index in [1.165, 1.54) is 6.07 Å². The van der Waals surface area contributed by atoms with Gasteiger partial charge in [0.25, 0.3) is 5.79 Å². The molecule has 3 aliphatic rings. The Balaban J connectivity index is 0.997. The average Bonchev–Trinajstić information content (AvgIpc) is 3.74. The summed E-state index contributed by atoms with van der Waals surface area (Å²) in [5.41, 5.74) is 3.98. The maximum Gasteiger partial charge on any atom is 0.278 e. The van der Waals surface area contributed by atoms with Crippen molar-refractivity contribution in [2.24, 2.45) is 0 Å². The van der Waals surface area contributed by atoms with Gasteiger partial charge < -0.3 is 23.8 Å². The number of H-pyrrole nitrogens is 1. The van der Waals surface area contributed by atoms with E-state index in [1.807, 2.05) is 31.3 Å². The summed E-state index contributed by atoms with van der Waals surface area (Å²) in [5.74, 6) is 2.42. The monoisotopic (exact) mass is 643 g/mol. The summed E-state index contributed by atoms with van der Waals surface area (Å²) in [5, 5.41) is 8.83. The molecule has 8 rings (SSSR count). The molecule has 0 bridgehead atoms. The van der Waals surface area contributed by atoms with Crippen LogP contribution in [0.4, 0.5) is 4.39 Å². The zero-order valence-electron chi connectivity index (χ0n) is 25.8. The topological polar surface area (TPSA) is 103 Å². The van der Waals surface area contributed by atoms with Gasteiger partial charge in [-0.05, 0) is 68.6 Å². The molecule has 6 heterocycles. The second kappa shape index (κ2) is 11.6. The molecule has 2 saturated heterocycles. The molecule has 238 valence electrons. The molecule has 46 heavy (non-hydrogen) atoms. The van der Waals surface area contributed by atoms with Crippen molar-refractivity contribution in [2.45, 2.75) is 70.4 Å². The van der Waals surface area contributed by atoms with Crippen LogP contribution in [0.2, 0.25) is 5.02 Å². The smallest absolute Gasteiger partial charge is 0.278 e. The number of aromatic nitrogens is 6. The average molecular weight is 644 g/mol. The molecular weight excluding hydrogens is 609 g/mol. The molecule has 2 aromatic carbocycles. The van der Waals surface area contributed by atoms with Crippen LogP contribution >= 0.6 is 11.6 Å². The third-order valence-corrected chi connectivity index (χ3v) is 9.64. The molecule has 3 aromatic heterocycles. The predicted molar refractivity (Wildman–Crippen MR) is 170 cm³/mol. The van der Waals surface area contributed by atoms with Gasteiger partial charge >= 0.3 is 0 Å². The Bertz CT molecular complexity index is 1920. The summed E-state index contributed by atoms with van der Waals surface area (Å²) in [6.07, 6.45) is 5.75. The van der Waals surface area contributed by atoms with Gasteiger partial charge in [0.15, 0.2) is 23.0 Å². The lowest BCUT2D eigenvalue weighted by molar-refractivity contribution is -0.0712. The van der Waals surface area contributed by atoms with Gasteiger partial charge in [-0.15, -0.1) is 10.2 Å². The van der Waals surface area contributed by atoms with Crippen LogP contribution in [0.5, 0.6) is 11.5 Å². The first-order chi connectivity index (χ1) is 22.4. The molecular formula is C34H35ClFN7O3. The normalized spacial score (nSPS) is 21.6. The zero-order chi connectivity index (χ0) is 31.4. The molecule has 1 N–H and O–H groups in total. The summed E-state index contributed by atoms with van der Waals surface area (Å²) in [6, 6.07) is 12.6. The number of nitrogens with zero attached hydrogens (tertiary/aromatic N) is 6. The number of hydrogen-bond acceptors (Lipinski definition) is 8. The number of hydrogen-bond donors (Lipinski definition) is 1. The number of halogens is 2. The number of aryl methyl sites for hydroxylation is 1. The summed E-state index contributed by atoms with van der Waals surface area (Å²) in [7, 11) is 0. The van der Waals surface area contributed by atoms with Gasteiger partial charge in [-0.1, -0.05) is 30.7 Å². The van der Waals surface area contributed by atoms with E-state index in [-0.39, 0.29) is 12.0 Å². The maximum atomic E-state index is 14.9. The Morgan fingerprint density at radius 1 is 1.09 bits per heavy atom. The Kier molecular flexibility index (Phi) is 7.42. The lowest BCUT2D eigenvalue weighted by Crippen LogP contribution is -2.35. The first-order valence-electron chi connectivity index (χ1n) is 15.9. The molecule has 3 aliphatic heterocycles. The van der Waals surface area contributed by atoms with E-state index in [0.717, 1.165) is 85.9 Å². The number of piperidine rings is 1. The van der Waals surface area contributed by atoms with Crippen molar-refractivity contribution in [1.29, 1.82) is 0 Å². The largest absolute Gasteiger partial charge is 0.444 e. The van der Waals surface area contributed by atoms with Gasteiger partial charge in [-0.2, -0.15) is 0 Å². The van der Waals surface area contributed by atoms with Crippen molar-refractivity contribution in [3.8, 4) is 22.9 Å². The molecule has 2 fully saturated rings. The molecule has 10 nitrogen and oxygen atoms in total. The van der Waals surface area contributed by atoms with E-state index < -0.39 is 11.6 Å². The van der Waals surface area contributed by atoms with E-state index in [9.17, 15) is 4.39 Å². The molecule has 0 saturated carbocycles. The fourth-order valence-corrected chi connectivity index (χ4v) is 6.92. The molecule has 0 radical (unpaired) electrons. The van der Waals surface area contributed by atoms with Crippen molar-refractivity contribution in [1.82, 2.24) is 34.6 Å². The highest BCUT2D eigenvalue weighted by molar-refractivity contribution is 6.30. The fourth-order valence-electron chi connectivity index (χ4n) is 6.76. The van der Waals surface area contributed by atoms with E-state index in [4.69, 9.17) is 35.8 Å². The molecule has 2 atom stereocenters. The second-order valence-electron chi connectivity index (χ2n) is 12.5. The standard InChI is InChI=1S/C34H35ClFN7O3/c1-3-29-39-32(41-40-29)21-15-27-33(37-17-21)43(18-23-11-14-44-23)30(38-27)19-42-12-9-20(10-13-42)24-5-4-6-28-31(24)46-34(2,45-28)25-8-7-22(35)16-26(25)36/h4-8,15-17,20,23H,3,9-14,18-19H2,1-2H3,(H,39,40,41)/t23-,34-/m0/s1. The van der Waals surface area contributed by atoms with Gasteiger partial charge in [0.2, 0.25) is 0 Å². The van der Waals surface area contributed by atoms with Crippen LogP contribution in [0.15, 0.2) is 48.7 Å². The van der Waals surface area contributed by atoms with Gasteiger partial charge in [-0.25, -0.2) is 14.4 Å². The molecule has 5 aromatic rings. The number of imidazole rings is 1. The molecule has 0 unspecified atom stereocenters. The predicted octanol–water partition coefficient (Wildman–Crippen LogP) is 6.38. The summed E-state index contributed by atoms with van der Waals surface area (Å²) >= 11 is 6.00. The molecule has 0 amide bonds. The number of nitrogens with one attached hydrogen (secondary N) is 1. The lowest BCUT2D eigenvalue weighted by atomic mass is 9.88. The number of aromatic amines is 1. The van der Waals surface area contributed by atoms with E-state index in [0.29, 0.717) is 34.5 Å². The first-order valence-corrected chi connectivity index (χ1v) is 16.3. The Labute approximate surface area is 270 Å². The van der Waals surface area contributed by atoms with Crippen LogP contribution in [-0.4, -0.2) is 60.4 Å². The highest BCUT2D eigenvalue weighted by Crippen LogP contribution is 2.50. The molecule has 12 heteroatoms. The number of para-hydroxylation sites is 1. The van der Waals surface area contributed by atoms with Crippen LogP contribution in [0.1, 0.15) is 61.8 Å². The van der Waals surface area contributed by atoms with Gasteiger partial charge in [0.05, 0.1) is 24.8 Å². The highest BCUT2D eigenvalue weighted by atomic mass is 35.5. The van der Waals surface area contributed by atoms with E-state index >= 15 is 0 Å². The van der Waals surface area contributed by atoms with Crippen LogP contribution in [-0.2, 0) is 30.0 Å². The van der Waals surface area contributed by atoms with E-state index in [1.54, 1.807) is 19.1 Å². The van der Waals surface area contributed by atoms with Crippen LogP contribution in [0, 0.1) is 5.82 Å². The third kappa shape index (κ3) is 5.30. The Morgan fingerprint density at radius 2 is 1.93 bits per heavy atom. The number of pyridine rings is 1. The second-order valence-corrected chi connectivity index (χ2v) is 12.9. The fraction of sp³-hybridized carbons (Fsp3) is 0.412. The van der Waals surface area contributed by atoms with Crippen LogP contribution < -0.4 is 9.47 Å². The number of rotatable bonds is 8. The van der Waals surface area contributed by atoms with Crippen LogP contribution in [0.25, 0.3) is 22.6 Å². The third-order valence-electron chi connectivity index (χ3n) is 9.41. The Morgan fingerprint density at radius 3 is 2.67 bits per heavy atom. The summed E-state index contributed by atoms with van der Waals surface area (Å²) < 4.78 is 35.5. The SMILES string of the molecule is CCc1nnc(-c2cnc3c(c2)nc(CN2CCC(c4cccc5c4O[C@@](C)(c4ccc(Cl)cc4F)O5)CC2)n3C[C@@H]2CCO2)[nH]1. The number of ether oxygens (including phenoxy) is 3.